The Kier molecular flexibility index (Phi) is 11.2. The predicted molar refractivity (Wildman–Crippen MR) is 122 cm³/mol. The molecule has 0 unspecified atom stereocenters. The van der Waals surface area contributed by atoms with Crippen molar-refractivity contribution in [3.63, 3.8) is 0 Å². The van der Waals surface area contributed by atoms with Crippen LogP contribution in [0.5, 0.6) is 0 Å². The van der Waals surface area contributed by atoms with Crippen LogP contribution < -0.4 is 4.72 Å². The molecule has 2 rings (SSSR count). The van der Waals surface area contributed by atoms with Crippen molar-refractivity contribution in [3.05, 3.63) is 81.7 Å². The van der Waals surface area contributed by atoms with Crippen molar-refractivity contribution >= 4 is 50.8 Å². The molecule has 1 nitrogen and oxygen atoms in total. The summed E-state index contributed by atoms with van der Waals surface area (Å²) in [6.07, 6.45) is 3.79. The molecule has 0 radical (unpaired) electrons. The van der Waals surface area contributed by atoms with E-state index >= 15 is 0 Å². The average molecular weight is 457 g/mol. The van der Waals surface area contributed by atoms with Crippen LogP contribution in [-0.2, 0) is 6.54 Å². The summed E-state index contributed by atoms with van der Waals surface area (Å²) in [6, 6.07) is 12.4. The van der Waals surface area contributed by atoms with Gasteiger partial charge in [0.05, 0.1) is 0 Å². The molecule has 0 bridgehead atoms. The van der Waals surface area contributed by atoms with Gasteiger partial charge in [0.15, 0.2) is 0 Å². The molecule has 0 aliphatic rings. The maximum atomic E-state index is 5.91. The number of halogens is 2. The monoisotopic (exact) mass is 455 g/mol. The minimum atomic E-state index is 0.781. The first-order valence-electron chi connectivity index (χ1n) is 7.74. The van der Waals surface area contributed by atoms with E-state index in [-0.39, 0.29) is 0 Å². The summed E-state index contributed by atoms with van der Waals surface area (Å²) in [7, 11) is 0. The summed E-state index contributed by atoms with van der Waals surface area (Å²) in [5.41, 5.74) is 2.62. The van der Waals surface area contributed by atoms with Gasteiger partial charge in [-0.3, -0.25) is 4.72 Å². The molecular formula is C20H23BrClNS2. The third kappa shape index (κ3) is 9.47. The normalized spacial score (nSPS) is 10.8. The van der Waals surface area contributed by atoms with Crippen molar-refractivity contribution in [2.45, 2.75) is 20.4 Å². The van der Waals surface area contributed by atoms with Crippen molar-refractivity contribution < 1.29 is 0 Å². The molecule has 25 heavy (non-hydrogen) atoms. The molecule has 0 amide bonds. The Morgan fingerprint density at radius 1 is 1.28 bits per heavy atom. The van der Waals surface area contributed by atoms with Gasteiger partial charge in [0.1, 0.15) is 0 Å². The van der Waals surface area contributed by atoms with Gasteiger partial charge in [-0.15, -0.1) is 11.3 Å². The third-order valence-corrected chi connectivity index (χ3v) is 5.81. The lowest BCUT2D eigenvalue weighted by atomic mass is 10.2. The van der Waals surface area contributed by atoms with E-state index in [1.807, 2.05) is 23.5 Å². The van der Waals surface area contributed by atoms with Crippen LogP contribution in [0.3, 0.4) is 0 Å². The lowest BCUT2D eigenvalue weighted by Crippen LogP contribution is -2.02. The predicted octanol–water partition coefficient (Wildman–Crippen LogP) is 7.85. The minimum Gasteiger partial charge on any atom is -0.259 e. The van der Waals surface area contributed by atoms with Gasteiger partial charge in [-0.25, -0.2) is 0 Å². The van der Waals surface area contributed by atoms with Crippen LogP contribution in [0.4, 0.5) is 0 Å². The smallest absolute Gasteiger partial charge is 0.0406 e. The number of hydrogen-bond donors (Lipinski definition) is 1. The number of thiophene rings is 1. The van der Waals surface area contributed by atoms with Gasteiger partial charge in [0.25, 0.3) is 0 Å². The molecule has 0 aliphatic heterocycles. The minimum absolute atomic E-state index is 0.781. The van der Waals surface area contributed by atoms with Gasteiger partial charge >= 0.3 is 0 Å². The molecule has 1 aromatic carbocycles. The van der Waals surface area contributed by atoms with Gasteiger partial charge in [-0.2, -0.15) is 0 Å². The fraction of sp³-hybridized carbons (Fsp3) is 0.200. The summed E-state index contributed by atoms with van der Waals surface area (Å²) < 4.78 is 4.24. The highest BCUT2D eigenvalue weighted by Gasteiger charge is 2.03. The highest BCUT2D eigenvalue weighted by molar-refractivity contribution is 9.11. The van der Waals surface area contributed by atoms with Gasteiger partial charge in [-0.05, 0) is 43.7 Å². The Hall–Kier alpha value is -0.780. The number of nitrogens with one attached hydrogen (secondary N) is 1. The van der Waals surface area contributed by atoms with Crippen LogP contribution in [-0.4, -0.2) is 5.75 Å². The van der Waals surface area contributed by atoms with E-state index in [1.54, 1.807) is 18.0 Å². The van der Waals surface area contributed by atoms with Gasteiger partial charge < -0.3 is 0 Å². The van der Waals surface area contributed by atoms with Crippen molar-refractivity contribution in [1.29, 1.82) is 0 Å². The summed E-state index contributed by atoms with van der Waals surface area (Å²) in [4.78, 5) is 2.63. The van der Waals surface area contributed by atoms with Crippen LogP contribution in [0.15, 0.2) is 71.8 Å². The van der Waals surface area contributed by atoms with Crippen LogP contribution in [0, 0.1) is 0 Å². The molecule has 0 fully saturated rings. The van der Waals surface area contributed by atoms with Crippen molar-refractivity contribution in [1.82, 2.24) is 4.72 Å². The molecular weight excluding hydrogens is 434 g/mol. The van der Waals surface area contributed by atoms with Gasteiger partial charge in [-0.1, -0.05) is 82.5 Å². The molecule has 0 saturated carbocycles. The Balaban J connectivity index is 0.000000550. The third-order valence-electron chi connectivity index (χ3n) is 3.15. The Labute approximate surface area is 173 Å². The highest BCUT2D eigenvalue weighted by Crippen LogP contribution is 2.29. The Bertz CT molecular complexity index is 705. The van der Waals surface area contributed by atoms with E-state index in [0.29, 0.717) is 0 Å². The lowest BCUT2D eigenvalue weighted by Gasteiger charge is -2.02. The summed E-state index contributed by atoms with van der Waals surface area (Å²) >= 11 is 12.6. The fourth-order valence-electron chi connectivity index (χ4n) is 1.61. The SMILES string of the molecule is C/C=C(\C)CSNCc1ccc(-c2ccc(Cl)cc2)s1.C=CC(=C)Br. The van der Waals surface area contributed by atoms with Crippen LogP contribution in [0.25, 0.3) is 10.4 Å². The lowest BCUT2D eigenvalue weighted by molar-refractivity contribution is 1.00. The largest absolute Gasteiger partial charge is 0.259 e. The highest BCUT2D eigenvalue weighted by atomic mass is 79.9. The van der Waals surface area contributed by atoms with E-state index in [2.05, 4.69) is 78.0 Å². The zero-order valence-electron chi connectivity index (χ0n) is 14.5. The maximum Gasteiger partial charge on any atom is 0.0406 e. The molecule has 1 aromatic heterocycles. The van der Waals surface area contributed by atoms with E-state index in [9.17, 15) is 0 Å². The molecule has 0 spiro atoms. The van der Waals surface area contributed by atoms with E-state index < -0.39 is 0 Å². The first kappa shape index (κ1) is 22.3. The second-order valence-electron chi connectivity index (χ2n) is 5.17. The summed E-state index contributed by atoms with van der Waals surface area (Å²) in [5, 5.41) is 0.781. The number of allylic oxidation sites excluding steroid dienone is 3. The van der Waals surface area contributed by atoms with Gasteiger partial charge in [0.2, 0.25) is 0 Å². The quantitative estimate of drug-likeness (QED) is 0.197. The second-order valence-corrected chi connectivity index (χ2v) is 8.66. The zero-order valence-corrected chi connectivity index (χ0v) is 18.5. The first-order chi connectivity index (χ1) is 12.0. The molecule has 5 heteroatoms. The molecule has 0 aliphatic carbocycles. The first-order valence-corrected chi connectivity index (χ1v) is 10.7. The maximum absolute atomic E-state index is 5.91. The van der Waals surface area contributed by atoms with Crippen molar-refractivity contribution in [2.24, 2.45) is 0 Å². The molecule has 1 N–H and O–H groups in total. The second kappa shape index (κ2) is 12.6. The molecule has 0 saturated heterocycles. The number of rotatable bonds is 7. The molecule has 0 atom stereocenters. The number of benzene rings is 1. The van der Waals surface area contributed by atoms with Crippen LogP contribution >= 0.6 is 50.8 Å². The zero-order chi connectivity index (χ0) is 18.7. The standard InChI is InChI=1S/C16H18ClNS2.C4H5Br/c1-3-12(2)11-19-18-10-15-8-9-16(20-15)13-4-6-14(17)7-5-13;1-3-4(2)5/h3-9,18H,10-11H2,1-2H3;3H,1-2H2/b12-3+;. The Morgan fingerprint density at radius 2 is 1.92 bits per heavy atom. The summed E-state index contributed by atoms with van der Waals surface area (Å²) in [6.45, 7) is 12.0. The topological polar surface area (TPSA) is 12.0 Å². The van der Waals surface area contributed by atoms with Crippen molar-refractivity contribution in [2.75, 3.05) is 5.75 Å². The molecule has 2 aromatic rings. The van der Waals surface area contributed by atoms with E-state index in [1.165, 1.54) is 20.9 Å². The van der Waals surface area contributed by atoms with Crippen LogP contribution in [0.1, 0.15) is 18.7 Å². The van der Waals surface area contributed by atoms with E-state index in [4.69, 9.17) is 11.6 Å². The molecule has 1 heterocycles. The van der Waals surface area contributed by atoms with Gasteiger partial charge in [0, 0.05) is 31.6 Å². The van der Waals surface area contributed by atoms with Crippen LogP contribution in [0.2, 0.25) is 5.02 Å². The van der Waals surface area contributed by atoms with Crippen molar-refractivity contribution in [3.8, 4) is 10.4 Å². The number of hydrogen-bond acceptors (Lipinski definition) is 3. The molecule has 134 valence electrons. The average Bonchev–Trinajstić information content (AvgIpc) is 3.08. The fourth-order valence-corrected chi connectivity index (χ4v) is 3.54. The summed E-state index contributed by atoms with van der Waals surface area (Å²) in [5.74, 6) is 1.03. The van der Waals surface area contributed by atoms with E-state index in [0.717, 1.165) is 21.8 Å². The Morgan fingerprint density at radius 3 is 2.48 bits per heavy atom.